The average molecular weight is 451 g/mol. The molecule has 1 heterocycles. The first-order valence-electron chi connectivity index (χ1n) is 10.9. The van der Waals surface area contributed by atoms with E-state index in [9.17, 15) is 18.0 Å². The molecule has 170 valence electrons. The van der Waals surface area contributed by atoms with Crippen molar-refractivity contribution in [1.82, 2.24) is 10.3 Å². The van der Waals surface area contributed by atoms with Gasteiger partial charge in [0.25, 0.3) is 0 Å². The number of aryl methyl sites for hydroxylation is 1. The molecule has 0 unspecified atom stereocenters. The third-order valence-corrected chi connectivity index (χ3v) is 5.95. The van der Waals surface area contributed by atoms with Crippen molar-refractivity contribution in [1.29, 1.82) is 0 Å². The maximum absolute atomic E-state index is 13.1. The van der Waals surface area contributed by atoms with Crippen molar-refractivity contribution in [2.24, 2.45) is 0 Å². The van der Waals surface area contributed by atoms with Crippen LogP contribution in [0.5, 0.6) is 0 Å². The van der Waals surface area contributed by atoms with Gasteiger partial charge in [-0.3, -0.25) is 4.79 Å². The van der Waals surface area contributed by atoms with Crippen molar-refractivity contribution in [3.63, 3.8) is 0 Å². The van der Waals surface area contributed by atoms with Crippen LogP contribution in [0.3, 0.4) is 0 Å². The van der Waals surface area contributed by atoms with Crippen LogP contribution in [0.1, 0.15) is 47.1 Å². The van der Waals surface area contributed by atoms with Crippen molar-refractivity contribution < 1.29 is 18.0 Å². The van der Waals surface area contributed by atoms with Crippen LogP contribution in [0, 0.1) is 0 Å². The Kier molecular flexibility index (Phi) is 6.54. The van der Waals surface area contributed by atoms with Gasteiger partial charge in [-0.1, -0.05) is 67.6 Å². The second-order valence-corrected chi connectivity index (χ2v) is 8.08. The Bertz CT molecular complexity index is 1230. The maximum Gasteiger partial charge on any atom is 0.416 e. The largest absolute Gasteiger partial charge is 0.416 e. The topological polar surface area (TPSA) is 44.9 Å². The van der Waals surface area contributed by atoms with E-state index in [0.29, 0.717) is 12.1 Å². The number of nitrogens with one attached hydrogen (secondary N) is 2. The molecule has 1 aromatic heterocycles. The molecule has 0 bridgehead atoms. The summed E-state index contributed by atoms with van der Waals surface area (Å²) in [7, 11) is 0. The predicted molar refractivity (Wildman–Crippen MR) is 124 cm³/mol. The van der Waals surface area contributed by atoms with Crippen molar-refractivity contribution in [2.75, 3.05) is 0 Å². The lowest BCUT2D eigenvalue weighted by Gasteiger charge is -2.18. The van der Waals surface area contributed by atoms with Gasteiger partial charge in [0.05, 0.1) is 5.56 Å². The molecule has 1 atom stereocenters. The molecular formula is C27H25F3N2O. The Morgan fingerprint density at radius 1 is 0.970 bits per heavy atom. The minimum absolute atomic E-state index is 0.126. The second kappa shape index (κ2) is 9.53. The number of H-pyrrole nitrogens is 1. The average Bonchev–Trinajstić information content (AvgIpc) is 3.25. The van der Waals surface area contributed by atoms with Crippen LogP contribution in [0.25, 0.3) is 10.9 Å². The number of carbonyl (C=O) groups is 1. The minimum atomic E-state index is -4.40. The number of hydrogen-bond acceptors (Lipinski definition) is 1. The van der Waals surface area contributed by atoms with E-state index in [1.54, 1.807) is 0 Å². The van der Waals surface area contributed by atoms with Gasteiger partial charge in [-0.2, -0.15) is 13.2 Å². The number of aromatic nitrogens is 1. The number of halogens is 3. The van der Waals surface area contributed by atoms with Gasteiger partial charge in [0.15, 0.2) is 0 Å². The highest BCUT2D eigenvalue weighted by Gasteiger charge is 2.31. The summed E-state index contributed by atoms with van der Waals surface area (Å²) in [5, 5.41) is 3.92. The lowest BCUT2D eigenvalue weighted by Crippen LogP contribution is -2.25. The number of carbonyl (C=O) groups excluding carboxylic acids is 1. The molecule has 2 N–H and O–H groups in total. The van der Waals surface area contributed by atoms with Crippen molar-refractivity contribution in [2.45, 2.75) is 38.4 Å². The second-order valence-electron chi connectivity index (χ2n) is 8.08. The summed E-state index contributed by atoms with van der Waals surface area (Å²) in [6.45, 7) is 2.47. The van der Waals surface area contributed by atoms with Crippen molar-refractivity contribution in [3.05, 3.63) is 107 Å². The summed E-state index contributed by atoms with van der Waals surface area (Å²) in [6, 6.07) is 20.7. The van der Waals surface area contributed by atoms with Gasteiger partial charge in [0.1, 0.15) is 0 Å². The number of fused-ring (bicyclic) bond motifs is 1. The van der Waals surface area contributed by atoms with E-state index in [-0.39, 0.29) is 18.2 Å². The molecule has 3 aromatic carbocycles. The Hall–Kier alpha value is -3.54. The maximum atomic E-state index is 13.1. The van der Waals surface area contributed by atoms with Gasteiger partial charge in [-0.05, 0) is 40.8 Å². The smallest absolute Gasteiger partial charge is 0.361 e. The van der Waals surface area contributed by atoms with E-state index >= 15 is 0 Å². The van der Waals surface area contributed by atoms with Gasteiger partial charge < -0.3 is 10.3 Å². The molecule has 0 aliphatic rings. The number of alkyl halides is 3. The molecule has 0 radical (unpaired) electrons. The number of para-hydroxylation sites is 1. The summed E-state index contributed by atoms with van der Waals surface area (Å²) in [5.74, 6) is -0.548. The molecule has 0 fully saturated rings. The van der Waals surface area contributed by atoms with Crippen molar-refractivity contribution >= 4 is 16.8 Å². The SMILES string of the molecule is CCc1cccc2c([C@H](CC(=O)NCc3ccccc3)c3ccc(C(F)(F)F)cc3)c[nH]c12. The van der Waals surface area contributed by atoms with E-state index in [0.717, 1.165) is 46.1 Å². The fourth-order valence-corrected chi connectivity index (χ4v) is 4.19. The van der Waals surface area contributed by atoms with Crippen LogP contribution in [0.4, 0.5) is 13.2 Å². The van der Waals surface area contributed by atoms with Gasteiger partial charge in [-0.25, -0.2) is 0 Å². The quantitative estimate of drug-likeness (QED) is 0.328. The molecule has 1 amide bonds. The van der Waals surface area contributed by atoms with Crippen LogP contribution in [-0.4, -0.2) is 10.9 Å². The van der Waals surface area contributed by atoms with Gasteiger partial charge in [0.2, 0.25) is 5.91 Å². The lowest BCUT2D eigenvalue weighted by molar-refractivity contribution is -0.137. The molecule has 0 spiro atoms. The molecule has 3 nitrogen and oxygen atoms in total. The van der Waals surface area contributed by atoms with Gasteiger partial charge >= 0.3 is 6.18 Å². The van der Waals surface area contributed by atoms with E-state index in [2.05, 4.69) is 17.2 Å². The molecule has 0 saturated heterocycles. The standard InChI is InChI=1S/C27H25F3N2O/c1-2-19-9-6-10-22-24(17-32-26(19)22)23(20-11-13-21(14-12-20)27(28,29)30)15-25(33)31-16-18-7-4-3-5-8-18/h3-14,17,23,32H,2,15-16H2,1H3,(H,31,33)/t23-/m1/s1. The Morgan fingerprint density at radius 2 is 1.70 bits per heavy atom. The Morgan fingerprint density at radius 3 is 2.36 bits per heavy atom. The molecule has 0 aliphatic heterocycles. The third-order valence-electron chi connectivity index (χ3n) is 5.95. The third kappa shape index (κ3) is 5.11. The number of benzene rings is 3. The first kappa shape index (κ1) is 22.6. The zero-order valence-corrected chi connectivity index (χ0v) is 18.2. The van der Waals surface area contributed by atoms with Crippen LogP contribution in [0.15, 0.2) is 79.0 Å². The molecule has 0 saturated carbocycles. The zero-order chi connectivity index (χ0) is 23.4. The molecule has 4 aromatic rings. The van der Waals surface area contributed by atoms with E-state index < -0.39 is 11.7 Å². The van der Waals surface area contributed by atoms with Gasteiger partial charge in [-0.15, -0.1) is 0 Å². The van der Waals surface area contributed by atoms with E-state index in [1.807, 2.05) is 54.7 Å². The van der Waals surface area contributed by atoms with E-state index in [1.165, 1.54) is 12.1 Å². The molecule has 4 rings (SSSR count). The summed E-state index contributed by atoms with van der Waals surface area (Å²) in [5.41, 5.74) is 3.99. The normalized spacial score (nSPS) is 12.6. The molecular weight excluding hydrogens is 425 g/mol. The highest BCUT2D eigenvalue weighted by Crippen LogP contribution is 2.36. The number of hydrogen-bond donors (Lipinski definition) is 2. The molecule has 33 heavy (non-hydrogen) atoms. The van der Waals surface area contributed by atoms with E-state index in [4.69, 9.17) is 0 Å². The minimum Gasteiger partial charge on any atom is -0.361 e. The monoisotopic (exact) mass is 450 g/mol. The van der Waals surface area contributed by atoms with Crippen LogP contribution >= 0.6 is 0 Å². The molecule has 0 aliphatic carbocycles. The zero-order valence-electron chi connectivity index (χ0n) is 18.2. The van der Waals surface area contributed by atoms with Crippen LogP contribution in [-0.2, 0) is 23.9 Å². The summed E-state index contributed by atoms with van der Waals surface area (Å²) in [4.78, 5) is 16.2. The fraction of sp³-hybridized carbons (Fsp3) is 0.222. The van der Waals surface area contributed by atoms with Crippen molar-refractivity contribution in [3.8, 4) is 0 Å². The highest BCUT2D eigenvalue weighted by molar-refractivity contribution is 5.88. The fourth-order valence-electron chi connectivity index (χ4n) is 4.19. The highest BCUT2D eigenvalue weighted by atomic mass is 19.4. The van der Waals surface area contributed by atoms with Crippen LogP contribution < -0.4 is 5.32 Å². The summed E-state index contributed by atoms with van der Waals surface area (Å²) in [6.07, 6.45) is -1.56. The lowest BCUT2D eigenvalue weighted by atomic mass is 9.87. The number of aromatic amines is 1. The van der Waals surface area contributed by atoms with Gasteiger partial charge in [0, 0.05) is 36.0 Å². The molecule has 6 heteroatoms. The summed E-state index contributed by atoms with van der Waals surface area (Å²) >= 11 is 0. The summed E-state index contributed by atoms with van der Waals surface area (Å²) < 4.78 is 39.3. The first-order chi connectivity index (χ1) is 15.9. The number of amides is 1. The predicted octanol–water partition coefficient (Wildman–Crippen LogP) is 6.59. The number of rotatable bonds is 7. The first-order valence-corrected chi connectivity index (χ1v) is 10.9. The Balaban J connectivity index is 1.66. The Labute approximate surface area is 190 Å². The van der Waals surface area contributed by atoms with Crippen LogP contribution in [0.2, 0.25) is 0 Å².